The van der Waals surface area contributed by atoms with Crippen LogP contribution in [0.25, 0.3) is 0 Å². The monoisotopic (exact) mass is 250 g/mol. The van der Waals surface area contributed by atoms with Crippen molar-refractivity contribution in [2.45, 2.75) is 45.4 Å². The molecule has 3 atom stereocenters. The first kappa shape index (κ1) is 11.7. The molecule has 0 aliphatic heterocycles. The number of aryl methyl sites for hydroxylation is 2. The molecule has 94 valence electrons. The standard InChI is InChI=1S/C14H22N2S/c1-10-13(17-9-16-10)4-5-14(8-15)7-11-2-3-12(14)6-11/h9,11-12H,2-8,15H2,1H3. The second-order valence-corrected chi connectivity index (χ2v) is 6.95. The van der Waals surface area contributed by atoms with E-state index in [9.17, 15) is 0 Å². The van der Waals surface area contributed by atoms with E-state index < -0.39 is 0 Å². The number of fused-ring (bicyclic) bond motifs is 2. The molecule has 1 aromatic heterocycles. The van der Waals surface area contributed by atoms with Crippen molar-refractivity contribution in [2.75, 3.05) is 6.54 Å². The maximum atomic E-state index is 6.12. The Labute approximate surface area is 108 Å². The lowest BCUT2D eigenvalue weighted by atomic mass is 9.70. The van der Waals surface area contributed by atoms with E-state index in [2.05, 4.69) is 11.9 Å². The molecule has 2 fully saturated rings. The first-order valence-electron chi connectivity index (χ1n) is 6.82. The maximum absolute atomic E-state index is 6.12. The van der Waals surface area contributed by atoms with E-state index in [0.29, 0.717) is 5.41 Å². The molecule has 17 heavy (non-hydrogen) atoms. The van der Waals surface area contributed by atoms with Crippen molar-refractivity contribution < 1.29 is 0 Å². The van der Waals surface area contributed by atoms with Crippen LogP contribution in [0.3, 0.4) is 0 Å². The zero-order valence-corrected chi connectivity index (χ0v) is 11.4. The van der Waals surface area contributed by atoms with Crippen LogP contribution in [0.2, 0.25) is 0 Å². The lowest BCUT2D eigenvalue weighted by Crippen LogP contribution is -2.36. The second kappa shape index (κ2) is 4.36. The van der Waals surface area contributed by atoms with Gasteiger partial charge in [-0.15, -0.1) is 11.3 Å². The summed E-state index contributed by atoms with van der Waals surface area (Å²) < 4.78 is 0. The second-order valence-electron chi connectivity index (χ2n) is 6.01. The molecule has 3 unspecified atom stereocenters. The zero-order valence-electron chi connectivity index (χ0n) is 10.6. The summed E-state index contributed by atoms with van der Waals surface area (Å²) >= 11 is 1.81. The number of nitrogens with zero attached hydrogens (tertiary/aromatic N) is 1. The van der Waals surface area contributed by atoms with Gasteiger partial charge in [0.25, 0.3) is 0 Å². The summed E-state index contributed by atoms with van der Waals surface area (Å²) in [6.45, 7) is 3.02. The molecule has 3 rings (SSSR count). The van der Waals surface area contributed by atoms with Gasteiger partial charge in [-0.25, -0.2) is 4.98 Å². The molecule has 2 aliphatic carbocycles. The van der Waals surface area contributed by atoms with Crippen molar-refractivity contribution in [2.24, 2.45) is 23.0 Å². The van der Waals surface area contributed by atoms with Gasteiger partial charge in [-0.3, -0.25) is 0 Å². The van der Waals surface area contributed by atoms with Gasteiger partial charge in [-0.1, -0.05) is 6.42 Å². The van der Waals surface area contributed by atoms with E-state index in [1.54, 1.807) is 0 Å². The highest BCUT2D eigenvalue weighted by Gasteiger charge is 2.49. The van der Waals surface area contributed by atoms with Gasteiger partial charge in [-0.05, 0) is 62.8 Å². The Bertz CT molecular complexity index is 401. The molecule has 0 spiro atoms. The molecule has 2 aliphatic rings. The number of hydrogen-bond donors (Lipinski definition) is 1. The Morgan fingerprint density at radius 2 is 2.41 bits per heavy atom. The van der Waals surface area contributed by atoms with Crippen molar-refractivity contribution in [1.29, 1.82) is 0 Å². The Morgan fingerprint density at radius 3 is 2.94 bits per heavy atom. The van der Waals surface area contributed by atoms with E-state index in [1.165, 1.54) is 49.1 Å². The van der Waals surface area contributed by atoms with Gasteiger partial charge in [-0.2, -0.15) is 0 Å². The summed E-state index contributed by atoms with van der Waals surface area (Å²) in [5, 5.41) is 0. The fourth-order valence-corrected chi connectivity index (χ4v) is 4.93. The number of aromatic nitrogens is 1. The van der Waals surface area contributed by atoms with Crippen LogP contribution in [0.5, 0.6) is 0 Å². The van der Waals surface area contributed by atoms with Crippen LogP contribution >= 0.6 is 11.3 Å². The summed E-state index contributed by atoms with van der Waals surface area (Å²) in [6, 6.07) is 0. The van der Waals surface area contributed by atoms with Crippen molar-refractivity contribution in [3.63, 3.8) is 0 Å². The predicted octanol–water partition coefficient (Wildman–Crippen LogP) is 3.15. The van der Waals surface area contributed by atoms with Crippen LogP contribution in [0.1, 0.15) is 42.7 Å². The van der Waals surface area contributed by atoms with Crippen molar-refractivity contribution in [1.82, 2.24) is 4.98 Å². The number of thiazole rings is 1. The summed E-state index contributed by atoms with van der Waals surface area (Å²) in [5.74, 6) is 1.91. The summed E-state index contributed by atoms with van der Waals surface area (Å²) in [5.41, 5.74) is 9.79. The molecule has 3 heteroatoms. The van der Waals surface area contributed by atoms with Gasteiger partial charge < -0.3 is 5.73 Å². The Morgan fingerprint density at radius 1 is 1.53 bits per heavy atom. The fraction of sp³-hybridized carbons (Fsp3) is 0.786. The number of hydrogen-bond acceptors (Lipinski definition) is 3. The highest BCUT2D eigenvalue weighted by molar-refractivity contribution is 7.09. The minimum Gasteiger partial charge on any atom is -0.330 e. The third-order valence-corrected chi connectivity index (χ3v) is 6.20. The van der Waals surface area contributed by atoms with Crippen LogP contribution in [-0.4, -0.2) is 11.5 Å². The summed E-state index contributed by atoms with van der Waals surface area (Å²) in [4.78, 5) is 5.82. The highest BCUT2D eigenvalue weighted by atomic mass is 32.1. The van der Waals surface area contributed by atoms with Crippen molar-refractivity contribution in [3.8, 4) is 0 Å². The Balaban J connectivity index is 1.69. The largest absolute Gasteiger partial charge is 0.330 e. The Kier molecular flexibility index (Phi) is 2.99. The fourth-order valence-electron chi connectivity index (χ4n) is 4.14. The maximum Gasteiger partial charge on any atom is 0.0797 e. The van der Waals surface area contributed by atoms with E-state index in [-0.39, 0.29) is 0 Å². The molecule has 1 heterocycles. The molecular weight excluding hydrogens is 228 g/mol. The number of nitrogens with two attached hydrogens (primary N) is 1. The van der Waals surface area contributed by atoms with Crippen LogP contribution in [0.15, 0.2) is 5.51 Å². The quantitative estimate of drug-likeness (QED) is 0.891. The van der Waals surface area contributed by atoms with Gasteiger partial charge in [0.15, 0.2) is 0 Å². The van der Waals surface area contributed by atoms with E-state index >= 15 is 0 Å². The third-order valence-electron chi connectivity index (χ3n) is 5.20. The summed E-state index contributed by atoms with van der Waals surface area (Å²) in [6.07, 6.45) is 8.23. The zero-order chi connectivity index (χ0) is 11.9. The highest BCUT2D eigenvalue weighted by Crippen LogP contribution is 2.57. The molecule has 0 radical (unpaired) electrons. The third kappa shape index (κ3) is 1.93. The topological polar surface area (TPSA) is 38.9 Å². The Hall–Kier alpha value is -0.410. The van der Waals surface area contributed by atoms with Crippen LogP contribution in [0, 0.1) is 24.2 Å². The van der Waals surface area contributed by atoms with Crippen LogP contribution < -0.4 is 5.73 Å². The molecule has 0 aromatic carbocycles. The molecule has 0 saturated heterocycles. The SMILES string of the molecule is Cc1ncsc1CCC1(CN)CC2CCC1C2. The predicted molar refractivity (Wildman–Crippen MR) is 72.1 cm³/mol. The first-order valence-corrected chi connectivity index (χ1v) is 7.70. The minimum atomic E-state index is 0.472. The summed E-state index contributed by atoms with van der Waals surface area (Å²) in [7, 11) is 0. The minimum absolute atomic E-state index is 0.472. The van der Waals surface area contributed by atoms with Gasteiger partial charge in [0.1, 0.15) is 0 Å². The molecule has 2 N–H and O–H groups in total. The van der Waals surface area contributed by atoms with Crippen LogP contribution in [-0.2, 0) is 6.42 Å². The normalized spacial score (nSPS) is 35.6. The smallest absolute Gasteiger partial charge is 0.0797 e. The lowest BCUT2D eigenvalue weighted by molar-refractivity contribution is 0.158. The van der Waals surface area contributed by atoms with Crippen molar-refractivity contribution >= 4 is 11.3 Å². The molecule has 2 bridgehead atoms. The van der Waals surface area contributed by atoms with E-state index in [1.807, 2.05) is 16.8 Å². The molecule has 2 saturated carbocycles. The van der Waals surface area contributed by atoms with Crippen LogP contribution in [0.4, 0.5) is 0 Å². The average Bonchev–Trinajstić information content (AvgIpc) is 3.02. The molecule has 2 nitrogen and oxygen atoms in total. The molecule has 0 amide bonds. The lowest BCUT2D eigenvalue weighted by Gasteiger charge is -2.36. The molecular formula is C14H22N2S. The first-order chi connectivity index (χ1) is 8.23. The van der Waals surface area contributed by atoms with Gasteiger partial charge in [0.2, 0.25) is 0 Å². The van der Waals surface area contributed by atoms with E-state index in [0.717, 1.165) is 18.4 Å². The average molecular weight is 250 g/mol. The van der Waals surface area contributed by atoms with E-state index in [4.69, 9.17) is 5.73 Å². The number of rotatable bonds is 4. The van der Waals surface area contributed by atoms with Gasteiger partial charge >= 0.3 is 0 Å². The van der Waals surface area contributed by atoms with Gasteiger partial charge in [0.05, 0.1) is 11.2 Å². The van der Waals surface area contributed by atoms with Crippen molar-refractivity contribution in [3.05, 3.63) is 16.1 Å². The molecule has 1 aromatic rings. The van der Waals surface area contributed by atoms with Gasteiger partial charge in [0, 0.05) is 4.88 Å².